The van der Waals surface area contributed by atoms with Gasteiger partial charge in [-0.3, -0.25) is 4.98 Å². The average molecular weight is 222 g/mol. The van der Waals surface area contributed by atoms with Gasteiger partial charge in [0.05, 0.1) is 12.3 Å². The van der Waals surface area contributed by atoms with Gasteiger partial charge in [-0.25, -0.2) is 0 Å². The van der Waals surface area contributed by atoms with E-state index in [-0.39, 0.29) is 5.41 Å². The predicted molar refractivity (Wildman–Crippen MR) is 66.5 cm³/mol. The summed E-state index contributed by atoms with van der Waals surface area (Å²) >= 11 is 0. The highest BCUT2D eigenvalue weighted by Gasteiger charge is 2.13. The topological polar surface area (TPSA) is 34.1 Å². The fraction of sp³-hybridized carbons (Fsp3) is 0.615. The lowest BCUT2D eigenvalue weighted by molar-refractivity contribution is 0.199. The summed E-state index contributed by atoms with van der Waals surface area (Å²) in [5, 5.41) is 3.27. The van der Waals surface area contributed by atoms with Crippen LogP contribution in [-0.2, 0) is 16.7 Å². The maximum atomic E-state index is 4.96. The maximum absolute atomic E-state index is 4.96. The van der Waals surface area contributed by atoms with E-state index in [2.05, 4.69) is 43.2 Å². The molecule has 0 amide bonds. The van der Waals surface area contributed by atoms with E-state index in [1.54, 1.807) is 7.11 Å². The van der Waals surface area contributed by atoms with Crippen LogP contribution < -0.4 is 5.32 Å². The van der Waals surface area contributed by atoms with Crippen molar-refractivity contribution in [1.82, 2.24) is 10.3 Å². The lowest BCUT2D eigenvalue weighted by Gasteiger charge is -2.18. The van der Waals surface area contributed by atoms with Gasteiger partial charge in [0, 0.05) is 26.4 Å². The Morgan fingerprint density at radius 3 is 2.56 bits per heavy atom. The number of ether oxygens (including phenoxy) is 1. The number of hydrogen-bond donors (Lipinski definition) is 1. The van der Waals surface area contributed by atoms with Crippen molar-refractivity contribution in [3.05, 3.63) is 29.6 Å². The van der Waals surface area contributed by atoms with E-state index in [1.807, 2.05) is 6.20 Å². The summed E-state index contributed by atoms with van der Waals surface area (Å²) in [6.45, 7) is 8.98. The van der Waals surface area contributed by atoms with E-state index in [0.29, 0.717) is 0 Å². The zero-order valence-electron chi connectivity index (χ0n) is 10.7. The Kier molecular flexibility index (Phi) is 4.90. The SMILES string of the molecule is COCCNCc1ccc(C(C)(C)C)cn1. The Labute approximate surface area is 98.2 Å². The second-order valence-corrected chi connectivity index (χ2v) is 4.96. The van der Waals surface area contributed by atoms with Gasteiger partial charge in [0.2, 0.25) is 0 Å². The second-order valence-electron chi connectivity index (χ2n) is 4.96. The van der Waals surface area contributed by atoms with E-state index in [0.717, 1.165) is 25.4 Å². The average Bonchev–Trinajstić information content (AvgIpc) is 2.24. The molecule has 0 aliphatic heterocycles. The van der Waals surface area contributed by atoms with E-state index in [9.17, 15) is 0 Å². The van der Waals surface area contributed by atoms with Gasteiger partial charge in [-0.2, -0.15) is 0 Å². The summed E-state index contributed by atoms with van der Waals surface area (Å²) in [4.78, 5) is 4.44. The summed E-state index contributed by atoms with van der Waals surface area (Å²) in [6.07, 6.45) is 1.97. The number of nitrogens with zero attached hydrogens (tertiary/aromatic N) is 1. The van der Waals surface area contributed by atoms with Gasteiger partial charge in [-0.1, -0.05) is 26.8 Å². The number of nitrogens with one attached hydrogen (secondary N) is 1. The third-order valence-electron chi connectivity index (χ3n) is 2.48. The molecule has 0 saturated carbocycles. The van der Waals surface area contributed by atoms with Gasteiger partial charge in [-0.05, 0) is 17.0 Å². The molecule has 1 heterocycles. The molecule has 0 radical (unpaired) electrons. The summed E-state index contributed by atoms with van der Waals surface area (Å²) in [5.74, 6) is 0. The number of hydrogen-bond acceptors (Lipinski definition) is 3. The molecule has 16 heavy (non-hydrogen) atoms. The van der Waals surface area contributed by atoms with Crippen LogP contribution in [0.15, 0.2) is 18.3 Å². The Morgan fingerprint density at radius 2 is 2.06 bits per heavy atom. The molecule has 0 aliphatic rings. The van der Waals surface area contributed by atoms with Crippen molar-refractivity contribution in [1.29, 1.82) is 0 Å². The maximum Gasteiger partial charge on any atom is 0.0587 e. The molecule has 3 heteroatoms. The van der Waals surface area contributed by atoms with Crippen molar-refractivity contribution in [3.8, 4) is 0 Å². The molecule has 1 aromatic heterocycles. The monoisotopic (exact) mass is 222 g/mol. The number of methoxy groups -OCH3 is 1. The Balaban J connectivity index is 2.46. The molecule has 0 aliphatic carbocycles. The van der Waals surface area contributed by atoms with Gasteiger partial charge in [0.15, 0.2) is 0 Å². The minimum absolute atomic E-state index is 0.176. The molecule has 0 bridgehead atoms. The minimum atomic E-state index is 0.176. The zero-order valence-corrected chi connectivity index (χ0v) is 10.7. The molecule has 1 aromatic rings. The second kappa shape index (κ2) is 5.97. The first kappa shape index (κ1) is 13.1. The molecule has 90 valence electrons. The van der Waals surface area contributed by atoms with Gasteiger partial charge < -0.3 is 10.1 Å². The summed E-state index contributed by atoms with van der Waals surface area (Å²) < 4.78 is 4.96. The first-order valence-electron chi connectivity index (χ1n) is 5.69. The van der Waals surface area contributed by atoms with Crippen LogP contribution in [0.5, 0.6) is 0 Å². The normalized spacial score (nSPS) is 11.8. The summed E-state index contributed by atoms with van der Waals surface area (Å²) in [6, 6.07) is 4.24. The fourth-order valence-electron chi connectivity index (χ4n) is 1.36. The van der Waals surface area contributed by atoms with E-state index >= 15 is 0 Å². The highest BCUT2D eigenvalue weighted by molar-refractivity contribution is 5.21. The van der Waals surface area contributed by atoms with Crippen molar-refractivity contribution < 1.29 is 4.74 Å². The molecule has 0 spiro atoms. The molecule has 1 rings (SSSR count). The van der Waals surface area contributed by atoms with Crippen molar-refractivity contribution in [2.75, 3.05) is 20.3 Å². The smallest absolute Gasteiger partial charge is 0.0587 e. The van der Waals surface area contributed by atoms with Crippen LogP contribution in [0.4, 0.5) is 0 Å². The molecular weight excluding hydrogens is 200 g/mol. The molecule has 3 nitrogen and oxygen atoms in total. The van der Waals surface area contributed by atoms with Crippen molar-refractivity contribution in [2.24, 2.45) is 0 Å². The quantitative estimate of drug-likeness (QED) is 0.775. The lowest BCUT2D eigenvalue weighted by atomic mass is 9.88. The van der Waals surface area contributed by atoms with Crippen molar-refractivity contribution >= 4 is 0 Å². The predicted octanol–water partition coefficient (Wildman–Crippen LogP) is 2.12. The first-order chi connectivity index (χ1) is 7.54. The summed E-state index contributed by atoms with van der Waals surface area (Å²) in [5.41, 5.74) is 2.52. The van der Waals surface area contributed by atoms with Crippen LogP contribution in [0, 0.1) is 0 Å². The van der Waals surface area contributed by atoms with Gasteiger partial charge >= 0.3 is 0 Å². The van der Waals surface area contributed by atoms with Gasteiger partial charge in [0.25, 0.3) is 0 Å². The molecule has 0 unspecified atom stereocenters. The molecule has 1 N–H and O–H groups in total. The first-order valence-corrected chi connectivity index (χ1v) is 5.69. The van der Waals surface area contributed by atoms with Crippen LogP contribution in [-0.4, -0.2) is 25.2 Å². The van der Waals surface area contributed by atoms with Crippen LogP contribution in [0.2, 0.25) is 0 Å². The van der Waals surface area contributed by atoms with Crippen LogP contribution in [0.1, 0.15) is 32.0 Å². The number of rotatable bonds is 5. The Hall–Kier alpha value is -0.930. The van der Waals surface area contributed by atoms with Crippen molar-refractivity contribution in [2.45, 2.75) is 32.7 Å². The standard InChI is InChI=1S/C13H22N2O/c1-13(2,3)11-5-6-12(15-9-11)10-14-7-8-16-4/h5-6,9,14H,7-8,10H2,1-4H3. The zero-order chi connectivity index (χ0) is 12.0. The molecular formula is C13H22N2O. The van der Waals surface area contributed by atoms with Gasteiger partial charge in [0.1, 0.15) is 0 Å². The highest BCUT2D eigenvalue weighted by Crippen LogP contribution is 2.20. The van der Waals surface area contributed by atoms with Crippen LogP contribution >= 0.6 is 0 Å². The third kappa shape index (κ3) is 4.29. The van der Waals surface area contributed by atoms with Crippen LogP contribution in [0.25, 0.3) is 0 Å². The molecule has 0 fully saturated rings. The van der Waals surface area contributed by atoms with Gasteiger partial charge in [-0.15, -0.1) is 0 Å². The van der Waals surface area contributed by atoms with Crippen LogP contribution in [0.3, 0.4) is 0 Å². The molecule has 0 atom stereocenters. The Bertz CT molecular complexity index is 301. The largest absolute Gasteiger partial charge is 0.383 e. The lowest BCUT2D eigenvalue weighted by Crippen LogP contribution is -2.19. The minimum Gasteiger partial charge on any atom is -0.383 e. The number of pyridine rings is 1. The number of aromatic nitrogens is 1. The molecule has 0 saturated heterocycles. The fourth-order valence-corrected chi connectivity index (χ4v) is 1.36. The highest BCUT2D eigenvalue weighted by atomic mass is 16.5. The van der Waals surface area contributed by atoms with Crippen molar-refractivity contribution in [3.63, 3.8) is 0 Å². The van der Waals surface area contributed by atoms with E-state index in [1.165, 1.54) is 5.56 Å². The van der Waals surface area contributed by atoms with E-state index in [4.69, 9.17) is 4.74 Å². The third-order valence-corrected chi connectivity index (χ3v) is 2.48. The van der Waals surface area contributed by atoms with E-state index < -0.39 is 0 Å². The molecule has 0 aromatic carbocycles. The Morgan fingerprint density at radius 1 is 1.31 bits per heavy atom. The summed E-state index contributed by atoms with van der Waals surface area (Å²) in [7, 11) is 1.71.